The number of anilines is 1. The summed E-state index contributed by atoms with van der Waals surface area (Å²) in [6, 6.07) is 1.80. The van der Waals surface area contributed by atoms with Gasteiger partial charge in [-0.2, -0.15) is 0 Å². The fourth-order valence-electron chi connectivity index (χ4n) is 0.943. The summed E-state index contributed by atoms with van der Waals surface area (Å²) in [6.45, 7) is 7.56. The van der Waals surface area contributed by atoms with Gasteiger partial charge >= 0.3 is 0 Å². The van der Waals surface area contributed by atoms with Gasteiger partial charge < -0.3 is 5.32 Å². The van der Waals surface area contributed by atoms with Crippen molar-refractivity contribution in [1.82, 2.24) is 4.98 Å². The highest BCUT2D eigenvalue weighted by molar-refractivity contribution is 9.10. The van der Waals surface area contributed by atoms with Gasteiger partial charge in [0.05, 0.1) is 0 Å². The molecule has 82 valence electrons. The summed E-state index contributed by atoms with van der Waals surface area (Å²) in [4.78, 5) is 15.8. The number of pyridine rings is 1. The molecule has 1 aromatic rings. The van der Waals surface area contributed by atoms with Gasteiger partial charge in [0.15, 0.2) is 0 Å². The van der Waals surface area contributed by atoms with Gasteiger partial charge in [0, 0.05) is 17.3 Å². The highest BCUT2D eigenvalue weighted by atomic mass is 79.9. The number of aryl methyl sites for hydroxylation is 1. The van der Waals surface area contributed by atoms with Gasteiger partial charge in [-0.25, -0.2) is 4.98 Å². The molecule has 0 bridgehead atoms. The first-order valence-electron chi connectivity index (χ1n) is 4.74. The van der Waals surface area contributed by atoms with E-state index in [1.807, 2.05) is 27.7 Å². The topological polar surface area (TPSA) is 42.0 Å². The van der Waals surface area contributed by atoms with Crippen LogP contribution in [0.3, 0.4) is 0 Å². The molecule has 1 heterocycles. The van der Waals surface area contributed by atoms with Crippen LogP contribution in [0.4, 0.5) is 5.69 Å². The first-order valence-corrected chi connectivity index (χ1v) is 5.53. The number of hydrogen-bond acceptors (Lipinski definition) is 2. The zero-order chi connectivity index (χ0) is 11.6. The lowest BCUT2D eigenvalue weighted by Gasteiger charge is -2.18. The van der Waals surface area contributed by atoms with Crippen LogP contribution in [0.5, 0.6) is 0 Å². The summed E-state index contributed by atoms with van der Waals surface area (Å²) in [5.74, 6) is 0.00343. The van der Waals surface area contributed by atoms with E-state index in [0.717, 1.165) is 15.9 Å². The van der Waals surface area contributed by atoms with Crippen LogP contribution in [0.2, 0.25) is 0 Å². The molecule has 1 rings (SSSR count). The van der Waals surface area contributed by atoms with Crippen LogP contribution in [0.15, 0.2) is 16.9 Å². The SMILES string of the molecule is Cc1cnc(Br)cc1NC(=O)C(C)(C)C. The van der Waals surface area contributed by atoms with Crippen molar-refractivity contribution in [3.05, 3.63) is 22.4 Å². The number of nitrogens with zero attached hydrogens (tertiary/aromatic N) is 1. The third-order valence-electron chi connectivity index (χ3n) is 2.00. The Morgan fingerprint density at radius 3 is 2.60 bits per heavy atom. The zero-order valence-corrected chi connectivity index (χ0v) is 11.0. The first-order chi connectivity index (χ1) is 6.80. The Balaban J connectivity index is 2.90. The van der Waals surface area contributed by atoms with E-state index in [9.17, 15) is 4.79 Å². The summed E-state index contributed by atoms with van der Waals surface area (Å²) in [5, 5.41) is 2.88. The van der Waals surface area contributed by atoms with E-state index in [0.29, 0.717) is 0 Å². The van der Waals surface area contributed by atoms with Crippen LogP contribution < -0.4 is 5.32 Å². The van der Waals surface area contributed by atoms with E-state index in [1.54, 1.807) is 12.3 Å². The Bertz CT molecular complexity index is 383. The molecule has 0 saturated carbocycles. The summed E-state index contributed by atoms with van der Waals surface area (Å²) in [5.41, 5.74) is 1.37. The van der Waals surface area contributed by atoms with Crippen molar-refractivity contribution >= 4 is 27.5 Å². The minimum Gasteiger partial charge on any atom is -0.325 e. The van der Waals surface area contributed by atoms with Crippen molar-refractivity contribution in [2.24, 2.45) is 5.41 Å². The Kier molecular flexibility index (Phi) is 3.50. The fraction of sp³-hybridized carbons (Fsp3) is 0.455. The molecule has 0 aliphatic rings. The van der Waals surface area contributed by atoms with Crippen molar-refractivity contribution in [2.75, 3.05) is 5.32 Å². The normalized spacial score (nSPS) is 11.3. The summed E-state index contributed by atoms with van der Waals surface area (Å²) >= 11 is 3.27. The van der Waals surface area contributed by atoms with Gasteiger partial charge in [0.1, 0.15) is 4.60 Å². The molecule has 0 atom stereocenters. The predicted molar refractivity (Wildman–Crippen MR) is 64.8 cm³/mol. The van der Waals surface area contributed by atoms with Crippen molar-refractivity contribution < 1.29 is 4.79 Å². The number of carbonyl (C=O) groups excluding carboxylic acids is 1. The zero-order valence-electron chi connectivity index (χ0n) is 9.39. The van der Waals surface area contributed by atoms with Gasteiger partial charge in [-0.1, -0.05) is 20.8 Å². The van der Waals surface area contributed by atoms with Gasteiger partial charge in [-0.15, -0.1) is 0 Å². The third kappa shape index (κ3) is 3.30. The second kappa shape index (κ2) is 4.31. The highest BCUT2D eigenvalue weighted by Gasteiger charge is 2.21. The minimum atomic E-state index is -0.387. The third-order valence-corrected chi connectivity index (χ3v) is 2.43. The maximum atomic E-state index is 11.8. The number of aromatic nitrogens is 1. The molecule has 0 radical (unpaired) electrons. The molecule has 1 aromatic heterocycles. The fourth-order valence-corrected chi connectivity index (χ4v) is 1.27. The van der Waals surface area contributed by atoms with Crippen LogP contribution >= 0.6 is 15.9 Å². The van der Waals surface area contributed by atoms with E-state index in [2.05, 4.69) is 26.2 Å². The Morgan fingerprint density at radius 1 is 1.47 bits per heavy atom. The molecule has 0 aliphatic carbocycles. The van der Waals surface area contributed by atoms with Gasteiger partial charge in [0.2, 0.25) is 5.91 Å². The summed E-state index contributed by atoms with van der Waals surface area (Å²) in [7, 11) is 0. The second-order valence-corrected chi connectivity index (χ2v) is 5.34. The van der Waals surface area contributed by atoms with Crippen molar-refractivity contribution in [2.45, 2.75) is 27.7 Å². The molecule has 4 heteroatoms. The Hall–Kier alpha value is -0.900. The molecule has 0 fully saturated rings. The summed E-state index contributed by atoms with van der Waals surface area (Å²) in [6.07, 6.45) is 1.72. The van der Waals surface area contributed by atoms with E-state index < -0.39 is 0 Å². The number of amides is 1. The lowest BCUT2D eigenvalue weighted by molar-refractivity contribution is -0.123. The van der Waals surface area contributed by atoms with Gasteiger partial charge in [-0.3, -0.25) is 4.79 Å². The van der Waals surface area contributed by atoms with Crippen LogP contribution in [0.1, 0.15) is 26.3 Å². The molecule has 1 N–H and O–H groups in total. The van der Waals surface area contributed by atoms with Gasteiger partial charge in [0.25, 0.3) is 0 Å². The lowest BCUT2D eigenvalue weighted by atomic mass is 9.95. The van der Waals surface area contributed by atoms with Gasteiger partial charge in [-0.05, 0) is 34.5 Å². The molecular weight excluding hydrogens is 256 g/mol. The molecule has 3 nitrogen and oxygen atoms in total. The number of nitrogens with one attached hydrogen (secondary N) is 1. The summed E-state index contributed by atoms with van der Waals surface area (Å²) < 4.78 is 0.720. The number of carbonyl (C=O) groups is 1. The van der Waals surface area contributed by atoms with E-state index >= 15 is 0 Å². The van der Waals surface area contributed by atoms with Crippen molar-refractivity contribution in [3.63, 3.8) is 0 Å². The van der Waals surface area contributed by atoms with E-state index in [4.69, 9.17) is 0 Å². The van der Waals surface area contributed by atoms with E-state index in [-0.39, 0.29) is 11.3 Å². The largest absolute Gasteiger partial charge is 0.325 e. The van der Waals surface area contributed by atoms with Crippen LogP contribution in [0.25, 0.3) is 0 Å². The molecule has 0 aliphatic heterocycles. The maximum Gasteiger partial charge on any atom is 0.229 e. The van der Waals surface area contributed by atoms with Crippen LogP contribution in [-0.2, 0) is 4.79 Å². The van der Waals surface area contributed by atoms with E-state index in [1.165, 1.54) is 0 Å². The quantitative estimate of drug-likeness (QED) is 0.797. The molecule has 0 spiro atoms. The maximum absolute atomic E-state index is 11.8. The molecule has 15 heavy (non-hydrogen) atoms. The molecular formula is C11H15BrN2O. The molecule has 1 amide bonds. The average Bonchev–Trinajstić information content (AvgIpc) is 2.09. The smallest absolute Gasteiger partial charge is 0.229 e. The van der Waals surface area contributed by atoms with Crippen LogP contribution in [0, 0.1) is 12.3 Å². The number of rotatable bonds is 1. The Morgan fingerprint density at radius 2 is 2.07 bits per heavy atom. The van der Waals surface area contributed by atoms with Crippen molar-refractivity contribution in [1.29, 1.82) is 0 Å². The standard InChI is InChI=1S/C11H15BrN2O/c1-7-6-13-9(12)5-8(7)14-10(15)11(2,3)4/h5-6H,1-4H3,(H,13,14,15). The predicted octanol–water partition coefficient (Wildman–Crippen LogP) is 3.14. The Labute approximate surface area is 98.4 Å². The van der Waals surface area contributed by atoms with Crippen molar-refractivity contribution in [3.8, 4) is 0 Å². The number of hydrogen-bond donors (Lipinski definition) is 1. The highest BCUT2D eigenvalue weighted by Crippen LogP contribution is 2.21. The second-order valence-electron chi connectivity index (χ2n) is 4.53. The monoisotopic (exact) mass is 270 g/mol. The lowest BCUT2D eigenvalue weighted by Crippen LogP contribution is -2.27. The molecule has 0 unspecified atom stereocenters. The average molecular weight is 271 g/mol. The van der Waals surface area contributed by atoms with Crippen LogP contribution in [-0.4, -0.2) is 10.9 Å². The molecule has 0 saturated heterocycles. The number of halogens is 1. The molecule has 0 aromatic carbocycles. The minimum absolute atomic E-state index is 0.00343. The first kappa shape index (κ1) is 12.2.